The van der Waals surface area contributed by atoms with E-state index in [2.05, 4.69) is 16.9 Å². The number of hydrogen-bond acceptors (Lipinski definition) is 3. The van der Waals surface area contributed by atoms with E-state index in [1.807, 2.05) is 0 Å². The fourth-order valence-corrected chi connectivity index (χ4v) is 1.65. The predicted molar refractivity (Wildman–Crippen MR) is 51.1 cm³/mol. The van der Waals surface area contributed by atoms with Crippen LogP contribution in [-0.2, 0) is 9.53 Å². The maximum Gasteiger partial charge on any atom is 0.322 e. The number of carbonyl (C=O) groups excluding carboxylic acids is 1. The van der Waals surface area contributed by atoms with E-state index in [4.69, 9.17) is 5.73 Å². The summed E-state index contributed by atoms with van der Waals surface area (Å²) in [5.74, 6) is 0.154. The first-order valence-corrected chi connectivity index (χ1v) is 4.74. The number of esters is 1. The number of hydrogen-bond donors (Lipinski definition) is 1. The van der Waals surface area contributed by atoms with Crippen molar-refractivity contribution in [3.63, 3.8) is 0 Å². The summed E-state index contributed by atoms with van der Waals surface area (Å²) in [4.78, 5) is 11.0. The Hall–Kier alpha value is -0.830. The summed E-state index contributed by atoms with van der Waals surface area (Å²) in [6.07, 6.45) is 8.54. The summed E-state index contributed by atoms with van der Waals surface area (Å²) in [6.45, 7) is 0. The molecule has 1 rings (SSSR count). The van der Waals surface area contributed by atoms with Gasteiger partial charge in [-0.15, -0.1) is 0 Å². The summed E-state index contributed by atoms with van der Waals surface area (Å²) in [7, 11) is 1.37. The Morgan fingerprint density at radius 3 is 3.08 bits per heavy atom. The molecule has 0 aromatic rings. The molecule has 13 heavy (non-hydrogen) atoms. The Kier molecular flexibility index (Phi) is 3.96. The third-order valence-electron chi connectivity index (χ3n) is 2.41. The second-order valence-electron chi connectivity index (χ2n) is 3.48. The SMILES string of the molecule is COC(=O)C(N)CC1C=CCCC1. The fraction of sp³-hybridized carbons (Fsp3) is 0.700. The Morgan fingerprint density at radius 2 is 2.54 bits per heavy atom. The molecule has 1 aliphatic carbocycles. The zero-order chi connectivity index (χ0) is 9.68. The van der Waals surface area contributed by atoms with Crippen molar-refractivity contribution in [1.29, 1.82) is 0 Å². The van der Waals surface area contributed by atoms with Gasteiger partial charge in [0.25, 0.3) is 0 Å². The minimum Gasteiger partial charge on any atom is -0.468 e. The second-order valence-corrected chi connectivity index (χ2v) is 3.48. The number of nitrogens with two attached hydrogens (primary N) is 1. The molecule has 0 aromatic heterocycles. The maximum atomic E-state index is 11.0. The van der Waals surface area contributed by atoms with Crippen LogP contribution in [0.2, 0.25) is 0 Å². The number of ether oxygens (including phenoxy) is 1. The van der Waals surface area contributed by atoms with Crippen LogP contribution in [0, 0.1) is 5.92 Å². The van der Waals surface area contributed by atoms with Crippen molar-refractivity contribution < 1.29 is 9.53 Å². The molecule has 0 radical (unpaired) electrons. The van der Waals surface area contributed by atoms with Gasteiger partial charge in [0.2, 0.25) is 0 Å². The normalized spacial score (nSPS) is 24.0. The number of rotatable bonds is 3. The molecule has 0 bridgehead atoms. The van der Waals surface area contributed by atoms with Crippen LogP contribution in [0.25, 0.3) is 0 Å². The van der Waals surface area contributed by atoms with Crippen LogP contribution in [0.4, 0.5) is 0 Å². The molecule has 0 saturated carbocycles. The molecule has 2 unspecified atom stereocenters. The zero-order valence-electron chi connectivity index (χ0n) is 8.03. The standard InChI is InChI=1S/C10H17NO2/c1-13-10(12)9(11)7-8-5-3-2-4-6-8/h3,5,8-9H,2,4,6-7,11H2,1H3. The monoisotopic (exact) mass is 183 g/mol. The Balaban J connectivity index is 2.34. The second kappa shape index (κ2) is 5.02. The third-order valence-corrected chi connectivity index (χ3v) is 2.41. The van der Waals surface area contributed by atoms with Gasteiger partial charge >= 0.3 is 5.97 Å². The summed E-state index contributed by atoms with van der Waals surface area (Å²) in [5, 5.41) is 0. The van der Waals surface area contributed by atoms with E-state index < -0.39 is 6.04 Å². The first-order valence-electron chi connectivity index (χ1n) is 4.74. The molecule has 0 fully saturated rings. The first kappa shape index (κ1) is 10.3. The molecular formula is C10H17NO2. The minimum atomic E-state index is -0.460. The lowest BCUT2D eigenvalue weighted by Crippen LogP contribution is -2.33. The molecule has 0 aromatic carbocycles. The third kappa shape index (κ3) is 3.19. The lowest BCUT2D eigenvalue weighted by molar-refractivity contribution is -0.142. The van der Waals surface area contributed by atoms with Crippen molar-refractivity contribution in [2.45, 2.75) is 31.7 Å². The van der Waals surface area contributed by atoms with Crippen molar-refractivity contribution >= 4 is 5.97 Å². The van der Waals surface area contributed by atoms with E-state index in [1.165, 1.54) is 13.5 Å². The van der Waals surface area contributed by atoms with Crippen molar-refractivity contribution in [3.8, 4) is 0 Å². The lowest BCUT2D eigenvalue weighted by Gasteiger charge is -2.18. The van der Waals surface area contributed by atoms with Crippen LogP contribution in [0.1, 0.15) is 25.7 Å². The topological polar surface area (TPSA) is 52.3 Å². The molecule has 2 N–H and O–H groups in total. The Bertz CT molecular complexity index is 201. The van der Waals surface area contributed by atoms with Crippen LogP contribution in [0.3, 0.4) is 0 Å². The van der Waals surface area contributed by atoms with Crippen LogP contribution in [0.5, 0.6) is 0 Å². The number of methoxy groups -OCH3 is 1. The molecule has 0 spiro atoms. The maximum absolute atomic E-state index is 11.0. The molecule has 0 amide bonds. The minimum absolute atomic E-state index is 0.307. The van der Waals surface area contributed by atoms with Crippen LogP contribution in [-0.4, -0.2) is 19.1 Å². The van der Waals surface area contributed by atoms with Crippen molar-refractivity contribution in [3.05, 3.63) is 12.2 Å². The van der Waals surface area contributed by atoms with E-state index in [-0.39, 0.29) is 5.97 Å². The van der Waals surface area contributed by atoms with E-state index >= 15 is 0 Å². The Morgan fingerprint density at radius 1 is 1.77 bits per heavy atom. The van der Waals surface area contributed by atoms with Crippen LogP contribution < -0.4 is 5.73 Å². The van der Waals surface area contributed by atoms with Gasteiger partial charge in [-0.1, -0.05) is 12.2 Å². The van der Waals surface area contributed by atoms with Gasteiger partial charge in [-0.05, 0) is 31.6 Å². The van der Waals surface area contributed by atoms with E-state index in [9.17, 15) is 4.79 Å². The van der Waals surface area contributed by atoms with Gasteiger partial charge in [0.05, 0.1) is 7.11 Å². The van der Waals surface area contributed by atoms with Crippen molar-refractivity contribution in [2.24, 2.45) is 11.7 Å². The summed E-state index contributed by atoms with van der Waals surface area (Å²) in [6, 6.07) is -0.460. The highest BCUT2D eigenvalue weighted by atomic mass is 16.5. The predicted octanol–water partition coefficient (Wildman–Crippen LogP) is 1.23. The Labute approximate surface area is 78.9 Å². The molecule has 74 valence electrons. The van der Waals surface area contributed by atoms with Gasteiger partial charge in [0.1, 0.15) is 6.04 Å². The zero-order valence-corrected chi connectivity index (χ0v) is 8.03. The first-order chi connectivity index (χ1) is 6.24. The summed E-state index contributed by atoms with van der Waals surface area (Å²) < 4.78 is 4.57. The molecule has 0 aliphatic heterocycles. The highest BCUT2D eigenvalue weighted by molar-refractivity contribution is 5.75. The molecular weight excluding hydrogens is 166 g/mol. The number of allylic oxidation sites excluding steroid dienone is 2. The quantitative estimate of drug-likeness (QED) is 0.529. The molecule has 3 nitrogen and oxygen atoms in total. The van der Waals surface area contributed by atoms with E-state index in [0.717, 1.165) is 12.8 Å². The van der Waals surface area contributed by atoms with Gasteiger partial charge in [-0.25, -0.2) is 0 Å². The van der Waals surface area contributed by atoms with Crippen LogP contribution in [0.15, 0.2) is 12.2 Å². The average molecular weight is 183 g/mol. The van der Waals surface area contributed by atoms with Gasteiger partial charge in [-0.2, -0.15) is 0 Å². The summed E-state index contributed by atoms with van der Waals surface area (Å²) in [5.41, 5.74) is 5.65. The highest BCUT2D eigenvalue weighted by Crippen LogP contribution is 2.21. The molecule has 2 atom stereocenters. The van der Waals surface area contributed by atoms with Gasteiger partial charge in [0, 0.05) is 0 Å². The lowest BCUT2D eigenvalue weighted by atomic mass is 9.90. The van der Waals surface area contributed by atoms with Crippen LogP contribution >= 0.6 is 0 Å². The van der Waals surface area contributed by atoms with Crippen molar-refractivity contribution in [1.82, 2.24) is 0 Å². The fourth-order valence-electron chi connectivity index (χ4n) is 1.65. The largest absolute Gasteiger partial charge is 0.468 e. The molecule has 1 aliphatic rings. The summed E-state index contributed by atoms with van der Waals surface area (Å²) >= 11 is 0. The van der Waals surface area contributed by atoms with E-state index in [0.29, 0.717) is 12.3 Å². The van der Waals surface area contributed by atoms with E-state index in [1.54, 1.807) is 0 Å². The number of carbonyl (C=O) groups is 1. The smallest absolute Gasteiger partial charge is 0.322 e. The van der Waals surface area contributed by atoms with Gasteiger partial charge < -0.3 is 10.5 Å². The van der Waals surface area contributed by atoms with Gasteiger partial charge in [-0.3, -0.25) is 4.79 Å². The average Bonchev–Trinajstić information content (AvgIpc) is 2.18. The molecule has 0 heterocycles. The van der Waals surface area contributed by atoms with Crippen molar-refractivity contribution in [2.75, 3.05) is 7.11 Å². The molecule has 0 saturated heterocycles. The molecule has 3 heteroatoms. The highest BCUT2D eigenvalue weighted by Gasteiger charge is 2.18. The van der Waals surface area contributed by atoms with Gasteiger partial charge in [0.15, 0.2) is 0 Å².